The van der Waals surface area contributed by atoms with E-state index in [-0.39, 0.29) is 11.7 Å². The molecular formula is C24H28N8O. The summed E-state index contributed by atoms with van der Waals surface area (Å²) in [6.07, 6.45) is 8.48. The van der Waals surface area contributed by atoms with E-state index >= 15 is 0 Å². The van der Waals surface area contributed by atoms with Crippen LogP contribution in [0.15, 0.2) is 60.0 Å². The van der Waals surface area contributed by atoms with Crippen molar-refractivity contribution in [1.29, 1.82) is 0 Å². The van der Waals surface area contributed by atoms with Gasteiger partial charge in [0.15, 0.2) is 5.69 Å². The maximum atomic E-state index is 13.2. The minimum absolute atomic E-state index is 0.105. The predicted octanol–water partition coefficient (Wildman–Crippen LogP) is 2.28. The van der Waals surface area contributed by atoms with Crippen LogP contribution in [0, 0.1) is 0 Å². The highest BCUT2D eigenvalue weighted by atomic mass is 16.1. The fraction of sp³-hybridized carbons (Fsp3) is 0.250. The van der Waals surface area contributed by atoms with Gasteiger partial charge in [-0.2, -0.15) is 0 Å². The number of carbonyl (C=O) groups excluding carboxylic acids is 1. The van der Waals surface area contributed by atoms with Gasteiger partial charge in [0.05, 0.1) is 34.5 Å². The van der Waals surface area contributed by atoms with Crippen LogP contribution in [0.25, 0.3) is 10.9 Å². The maximum absolute atomic E-state index is 13.2. The molecule has 0 radical (unpaired) electrons. The third kappa shape index (κ3) is 4.78. The lowest BCUT2D eigenvalue weighted by atomic mass is 10.1. The van der Waals surface area contributed by atoms with Crippen LogP contribution in [0.1, 0.15) is 28.9 Å². The topological polar surface area (TPSA) is 149 Å². The number of hydrogen-bond acceptors (Lipinski definition) is 8. The highest BCUT2D eigenvalue weighted by Gasteiger charge is 2.21. The van der Waals surface area contributed by atoms with Crippen LogP contribution < -0.4 is 27.4 Å². The van der Waals surface area contributed by atoms with Crippen LogP contribution in [0.3, 0.4) is 0 Å². The molecule has 33 heavy (non-hydrogen) atoms. The number of nitrogen functional groups attached to an aromatic ring is 1. The molecule has 1 atom stereocenters. The van der Waals surface area contributed by atoms with Crippen molar-refractivity contribution in [2.24, 2.45) is 16.5 Å². The van der Waals surface area contributed by atoms with Gasteiger partial charge >= 0.3 is 0 Å². The Morgan fingerprint density at radius 3 is 2.91 bits per heavy atom. The Balaban J connectivity index is 1.65. The predicted molar refractivity (Wildman–Crippen MR) is 134 cm³/mol. The molecule has 170 valence electrons. The fourth-order valence-electron chi connectivity index (χ4n) is 4.09. The van der Waals surface area contributed by atoms with Gasteiger partial charge in [-0.1, -0.05) is 12.1 Å². The molecule has 3 aromatic rings. The van der Waals surface area contributed by atoms with E-state index in [1.54, 1.807) is 31.6 Å². The summed E-state index contributed by atoms with van der Waals surface area (Å²) in [6, 6.07) is 9.40. The Labute approximate surface area is 192 Å². The number of aliphatic imine (C=N–C) groups is 1. The molecule has 1 aliphatic heterocycles. The molecule has 2 aromatic heterocycles. The first-order valence-corrected chi connectivity index (χ1v) is 10.8. The molecular weight excluding hydrogens is 416 g/mol. The zero-order valence-corrected chi connectivity index (χ0v) is 18.5. The van der Waals surface area contributed by atoms with Gasteiger partial charge in [0.1, 0.15) is 0 Å². The average molecular weight is 445 g/mol. The second-order valence-corrected chi connectivity index (χ2v) is 8.00. The standard InChI is InChI=1S/C24H28N8O/c1-28-19(6-8-25)16-5-4-15-11-18(27)23(30-20(15)12-16)24(33)31-21-13-29-9-7-22(21)32-10-2-3-17(26)14-32/h4-9,11-13,17H,2-3,10,14,25-27H2,1H3,(H,31,33)/t17-/m0/s1. The summed E-state index contributed by atoms with van der Waals surface area (Å²) in [5, 5.41) is 3.76. The number of nitrogens with one attached hydrogen (secondary N) is 1. The molecule has 7 N–H and O–H groups in total. The largest absolute Gasteiger partial charge is 0.405 e. The number of nitrogens with zero attached hydrogens (tertiary/aromatic N) is 4. The van der Waals surface area contributed by atoms with E-state index in [0.717, 1.165) is 42.6 Å². The number of anilines is 3. The normalized spacial score (nSPS) is 17.0. The summed E-state index contributed by atoms with van der Waals surface area (Å²) in [7, 11) is 1.69. The monoisotopic (exact) mass is 444 g/mol. The number of benzene rings is 1. The van der Waals surface area contributed by atoms with Gasteiger partial charge in [0.25, 0.3) is 5.91 Å². The second-order valence-electron chi connectivity index (χ2n) is 8.00. The number of allylic oxidation sites excluding steroid dienone is 1. The fourth-order valence-corrected chi connectivity index (χ4v) is 4.09. The molecule has 0 spiro atoms. The zero-order valence-electron chi connectivity index (χ0n) is 18.5. The number of nitrogens with two attached hydrogens (primary N) is 3. The number of aromatic nitrogens is 2. The molecule has 3 heterocycles. The third-order valence-electron chi connectivity index (χ3n) is 5.70. The minimum Gasteiger partial charge on any atom is -0.405 e. The van der Waals surface area contributed by atoms with Crippen LogP contribution in [-0.4, -0.2) is 47.8 Å². The van der Waals surface area contributed by atoms with Gasteiger partial charge in [-0.25, -0.2) is 4.98 Å². The average Bonchev–Trinajstić information content (AvgIpc) is 2.82. The lowest BCUT2D eigenvalue weighted by Crippen LogP contribution is -2.43. The SMILES string of the molecule is CN=C(C=CN)c1ccc2cc(N)c(C(=O)Nc3cnccc3N3CCC[C@H](N)C3)nc2c1. The lowest BCUT2D eigenvalue weighted by molar-refractivity contribution is 0.102. The molecule has 4 rings (SSSR count). The van der Waals surface area contributed by atoms with Crippen LogP contribution in [-0.2, 0) is 0 Å². The number of amides is 1. The van der Waals surface area contributed by atoms with Crippen LogP contribution in [0.5, 0.6) is 0 Å². The summed E-state index contributed by atoms with van der Waals surface area (Å²) in [6.45, 7) is 1.60. The van der Waals surface area contributed by atoms with Gasteiger partial charge < -0.3 is 27.4 Å². The van der Waals surface area contributed by atoms with E-state index in [0.29, 0.717) is 22.6 Å². The van der Waals surface area contributed by atoms with E-state index in [4.69, 9.17) is 17.2 Å². The Hall–Kier alpha value is -3.98. The summed E-state index contributed by atoms with van der Waals surface area (Å²) >= 11 is 0. The third-order valence-corrected chi connectivity index (χ3v) is 5.70. The number of pyridine rings is 2. The van der Waals surface area contributed by atoms with Crippen molar-refractivity contribution in [2.75, 3.05) is 36.1 Å². The van der Waals surface area contributed by atoms with Gasteiger partial charge in [0, 0.05) is 43.3 Å². The Kier molecular flexibility index (Phi) is 6.50. The van der Waals surface area contributed by atoms with E-state index < -0.39 is 5.91 Å². The molecule has 1 amide bonds. The Bertz CT molecular complexity index is 1240. The highest BCUT2D eigenvalue weighted by Crippen LogP contribution is 2.28. The van der Waals surface area contributed by atoms with Crippen molar-refractivity contribution < 1.29 is 4.79 Å². The number of hydrogen-bond donors (Lipinski definition) is 4. The van der Waals surface area contributed by atoms with E-state index in [1.165, 1.54) is 6.20 Å². The number of rotatable bonds is 5. The lowest BCUT2D eigenvalue weighted by Gasteiger charge is -2.33. The van der Waals surface area contributed by atoms with Crippen molar-refractivity contribution >= 4 is 39.6 Å². The molecule has 9 heteroatoms. The minimum atomic E-state index is -0.401. The summed E-state index contributed by atoms with van der Waals surface area (Å²) in [4.78, 5) is 28.3. The van der Waals surface area contributed by atoms with E-state index in [2.05, 4.69) is 25.2 Å². The van der Waals surface area contributed by atoms with Crippen molar-refractivity contribution in [2.45, 2.75) is 18.9 Å². The molecule has 1 fully saturated rings. The Morgan fingerprint density at radius 1 is 1.30 bits per heavy atom. The van der Waals surface area contributed by atoms with Gasteiger partial charge in [-0.3, -0.25) is 14.8 Å². The molecule has 0 unspecified atom stereocenters. The summed E-state index contributed by atoms with van der Waals surface area (Å²) in [5.41, 5.74) is 22.0. The Morgan fingerprint density at radius 2 is 2.15 bits per heavy atom. The van der Waals surface area contributed by atoms with E-state index in [9.17, 15) is 4.79 Å². The molecule has 1 aliphatic rings. The first-order valence-electron chi connectivity index (χ1n) is 10.8. The first-order chi connectivity index (χ1) is 16.0. The number of fused-ring (bicyclic) bond motifs is 1. The first kappa shape index (κ1) is 22.2. The second kappa shape index (κ2) is 9.66. The molecule has 0 aliphatic carbocycles. The van der Waals surface area contributed by atoms with Crippen LogP contribution in [0.2, 0.25) is 0 Å². The smallest absolute Gasteiger partial charge is 0.276 e. The quantitative estimate of drug-likeness (QED) is 0.441. The molecule has 9 nitrogen and oxygen atoms in total. The van der Waals surface area contributed by atoms with Crippen molar-refractivity contribution in [3.05, 3.63) is 66.3 Å². The van der Waals surface area contributed by atoms with Crippen molar-refractivity contribution in [3.8, 4) is 0 Å². The maximum Gasteiger partial charge on any atom is 0.276 e. The number of carbonyl (C=O) groups is 1. The molecule has 0 bridgehead atoms. The van der Waals surface area contributed by atoms with Crippen molar-refractivity contribution in [3.63, 3.8) is 0 Å². The summed E-state index contributed by atoms with van der Waals surface area (Å²) in [5.74, 6) is -0.401. The van der Waals surface area contributed by atoms with Crippen molar-refractivity contribution in [1.82, 2.24) is 9.97 Å². The summed E-state index contributed by atoms with van der Waals surface area (Å²) < 4.78 is 0. The molecule has 1 aromatic carbocycles. The van der Waals surface area contributed by atoms with Gasteiger partial charge in [-0.05, 0) is 43.3 Å². The van der Waals surface area contributed by atoms with Gasteiger partial charge in [0.2, 0.25) is 0 Å². The van der Waals surface area contributed by atoms with Crippen LogP contribution >= 0.6 is 0 Å². The van der Waals surface area contributed by atoms with Crippen LogP contribution in [0.4, 0.5) is 17.1 Å². The van der Waals surface area contributed by atoms with Gasteiger partial charge in [-0.15, -0.1) is 0 Å². The highest BCUT2D eigenvalue weighted by molar-refractivity contribution is 6.11. The van der Waals surface area contributed by atoms with E-state index in [1.807, 2.05) is 24.3 Å². The zero-order chi connectivity index (χ0) is 23.4. The molecule has 1 saturated heterocycles. The number of piperidine rings is 1. The molecule has 0 saturated carbocycles.